The van der Waals surface area contributed by atoms with E-state index < -0.39 is 121 Å². The molecule has 374 valence electrons. The van der Waals surface area contributed by atoms with Gasteiger partial charge in [0.15, 0.2) is 11.9 Å². The molecule has 0 saturated carbocycles. The number of thiol groups is 2. The van der Waals surface area contributed by atoms with Gasteiger partial charge in [0.2, 0.25) is 53.2 Å². The molecule has 0 aromatic carbocycles. The molecule has 0 aliphatic carbocycles. The Morgan fingerprint density at radius 1 is 0.530 bits per heavy atom. The third-order valence-corrected chi connectivity index (χ3v) is 9.50. The van der Waals surface area contributed by atoms with Crippen LogP contribution < -0.4 is 76.5 Å². The molecular weight excluding hydrogens is 913 g/mol. The maximum Gasteiger partial charge on any atom is 0.327 e. The van der Waals surface area contributed by atoms with Gasteiger partial charge in [0.1, 0.15) is 42.3 Å². The van der Waals surface area contributed by atoms with Crippen molar-refractivity contribution in [3.8, 4) is 0 Å². The molecule has 0 bridgehead atoms. The number of rotatable bonds is 32. The van der Waals surface area contributed by atoms with Crippen LogP contribution in [-0.4, -0.2) is 174 Å². The number of aliphatic carboxylic acids is 1. The highest BCUT2D eigenvalue weighted by Crippen LogP contribution is 2.09. The van der Waals surface area contributed by atoms with Crippen molar-refractivity contribution in [3.05, 3.63) is 0 Å². The first-order valence-corrected chi connectivity index (χ1v) is 21.8. The van der Waals surface area contributed by atoms with E-state index in [1.165, 1.54) is 6.92 Å². The lowest BCUT2D eigenvalue weighted by Crippen LogP contribution is -2.60. The number of nitrogens with two attached hydrogens (primary N) is 5. The predicted octanol–water partition coefficient (Wildman–Crippen LogP) is -8.32. The number of amides is 9. The normalized spacial score (nSPS) is 13.9. The van der Waals surface area contributed by atoms with E-state index in [4.69, 9.17) is 33.8 Å². The van der Waals surface area contributed by atoms with Crippen molar-refractivity contribution < 1.29 is 58.2 Å². The molecule has 9 amide bonds. The van der Waals surface area contributed by atoms with Crippen LogP contribution in [0.1, 0.15) is 52.9 Å². The first kappa shape index (κ1) is 59.9. The zero-order valence-electron chi connectivity index (χ0n) is 37.0. The Hall–Kier alpha value is -6.14. The van der Waals surface area contributed by atoms with Crippen LogP contribution in [0, 0.1) is 5.92 Å². The quantitative estimate of drug-likeness (QED) is 0.0129. The fourth-order valence-electron chi connectivity index (χ4n) is 5.37. The number of carbonyl (C=O) groups is 10. The van der Waals surface area contributed by atoms with Crippen molar-refractivity contribution in [3.63, 3.8) is 0 Å². The molecule has 0 spiro atoms. The molecule has 0 unspecified atom stereocenters. The average Bonchev–Trinajstić information content (AvgIpc) is 3.25. The number of guanidine groups is 2. The number of carbonyl (C=O) groups excluding carboxylic acids is 9. The first-order valence-electron chi connectivity index (χ1n) is 20.5. The lowest BCUT2D eigenvalue weighted by molar-refractivity contribution is -0.141. The summed E-state index contributed by atoms with van der Waals surface area (Å²) in [5.74, 6) is -10.1. The Labute approximate surface area is 391 Å². The van der Waals surface area contributed by atoms with Crippen LogP contribution in [0.5, 0.6) is 0 Å². The Balaban J connectivity index is 6.01. The van der Waals surface area contributed by atoms with Crippen molar-refractivity contribution in [2.75, 3.05) is 50.8 Å². The molecule has 0 rings (SSSR count). The number of nitrogens with zero attached hydrogens (tertiary/aromatic N) is 2. The summed E-state index contributed by atoms with van der Waals surface area (Å²) in [4.78, 5) is 135. The van der Waals surface area contributed by atoms with Crippen LogP contribution in [0.25, 0.3) is 0 Å². The number of hydrogen-bond donors (Lipinski definition) is 18. The highest BCUT2D eigenvalue weighted by molar-refractivity contribution is 7.80. The zero-order valence-corrected chi connectivity index (χ0v) is 38.8. The Morgan fingerprint density at radius 2 is 0.939 bits per heavy atom. The Morgan fingerprint density at radius 3 is 1.38 bits per heavy atom. The summed E-state index contributed by atoms with van der Waals surface area (Å²) in [5, 5.41) is 40.4. The van der Waals surface area contributed by atoms with Crippen molar-refractivity contribution in [1.82, 2.24) is 47.9 Å². The van der Waals surface area contributed by atoms with Gasteiger partial charge in [-0.3, -0.25) is 53.1 Å². The monoisotopic (exact) mass is 978 g/mol. The fourth-order valence-corrected chi connectivity index (χ4v) is 5.88. The van der Waals surface area contributed by atoms with Crippen LogP contribution >= 0.6 is 25.3 Å². The van der Waals surface area contributed by atoms with Gasteiger partial charge in [0.05, 0.1) is 26.2 Å². The minimum Gasteiger partial charge on any atom is -0.480 e. The van der Waals surface area contributed by atoms with E-state index in [0.29, 0.717) is 0 Å². The second kappa shape index (κ2) is 32.5. The smallest absolute Gasteiger partial charge is 0.327 e. The highest BCUT2D eigenvalue weighted by Gasteiger charge is 2.32. The lowest BCUT2D eigenvalue weighted by atomic mass is 10.0. The van der Waals surface area contributed by atoms with Gasteiger partial charge in [-0.05, 0) is 44.9 Å². The highest BCUT2D eigenvalue weighted by atomic mass is 32.1. The molecule has 21 N–H and O–H groups in total. The topological polar surface area (TPSA) is 474 Å². The summed E-state index contributed by atoms with van der Waals surface area (Å²) in [7, 11) is 0. The Kier molecular flexibility index (Phi) is 29.5. The minimum absolute atomic E-state index is 0.0163. The standard InChI is InChI=1S/C36H66N16O12S2/c1-17(2)10-21(50-33(62)23(15-65)52-28(57)18(3)46-25(54)11-37)32(61)49-20(7-5-9-43-36(40)41)31(60)51-22(14-53)30(59)45-12-26(55)47-19(6-4-8-42-35(38)39)29(58)44-13-27(56)48-24(16-66)34(63)64/h17-24,53,65-66H,4-16,37H2,1-3H3,(H,44,58)(H,45,59)(H,46,54)(H,47,55)(H,48,56)(H,49,61)(H,50,62)(H,51,60)(H,52,57)(H,63,64)(H4,38,39,42)(H4,40,41,43)/t18-,19-,20-,21-,22-,23-,24-/m0/s1. The predicted molar refractivity (Wildman–Crippen MR) is 246 cm³/mol. The number of aliphatic hydroxyl groups excluding tert-OH is 1. The molecule has 0 aromatic heterocycles. The molecule has 0 aromatic rings. The molecule has 30 heteroatoms. The fraction of sp³-hybridized carbons (Fsp3) is 0.667. The molecule has 0 fully saturated rings. The van der Waals surface area contributed by atoms with Crippen molar-refractivity contribution in [1.29, 1.82) is 0 Å². The third kappa shape index (κ3) is 25.4. The maximum atomic E-state index is 13.7. The average molecular weight is 979 g/mol. The van der Waals surface area contributed by atoms with Gasteiger partial charge >= 0.3 is 5.97 Å². The van der Waals surface area contributed by atoms with E-state index in [2.05, 4.69) is 83.1 Å². The second-order valence-electron chi connectivity index (χ2n) is 14.8. The zero-order chi connectivity index (χ0) is 50.5. The summed E-state index contributed by atoms with van der Waals surface area (Å²) in [6.45, 7) is 2.14. The molecule has 0 saturated heterocycles. The molecule has 0 heterocycles. The molecule has 66 heavy (non-hydrogen) atoms. The van der Waals surface area contributed by atoms with Gasteiger partial charge in [-0.15, -0.1) is 0 Å². The Bertz CT molecular complexity index is 1730. The molecule has 28 nitrogen and oxygen atoms in total. The number of hydrogen-bond acceptors (Lipinski definition) is 16. The minimum atomic E-state index is -1.69. The summed E-state index contributed by atoms with van der Waals surface area (Å²) in [5.41, 5.74) is 26.8. The van der Waals surface area contributed by atoms with Crippen molar-refractivity contribution >= 4 is 96.3 Å². The second-order valence-corrected chi connectivity index (χ2v) is 15.6. The van der Waals surface area contributed by atoms with Crippen LogP contribution in [0.3, 0.4) is 0 Å². The van der Waals surface area contributed by atoms with Crippen LogP contribution in [0.2, 0.25) is 0 Å². The van der Waals surface area contributed by atoms with Gasteiger partial charge in [-0.2, -0.15) is 25.3 Å². The number of aliphatic imine (C=N–C) groups is 2. The first-order chi connectivity index (χ1) is 31.0. The number of carboxylic acids is 1. The van der Waals surface area contributed by atoms with Gasteiger partial charge < -0.3 is 86.7 Å². The van der Waals surface area contributed by atoms with E-state index in [-0.39, 0.29) is 81.1 Å². The van der Waals surface area contributed by atoms with Gasteiger partial charge in [0, 0.05) is 24.6 Å². The van der Waals surface area contributed by atoms with Crippen LogP contribution in [0.4, 0.5) is 0 Å². The van der Waals surface area contributed by atoms with E-state index in [9.17, 15) is 53.1 Å². The van der Waals surface area contributed by atoms with Gasteiger partial charge in [-0.1, -0.05) is 13.8 Å². The summed E-state index contributed by atoms with van der Waals surface area (Å²) in [6.07, 6.45) is 0.147. The van der Waals surface area contributed by atoms with Gasteiger partial charge in [-0.25, -0.2) is 4.79 Å². The number of aliphatic hydroxyl groups is 1. The lowest BCUT2D eigenvalue weighted by Gasteiger charge is -2.27. The number of nitrogens with one attached hydrogen (secondary N) is 9. The summed E-state index contributed by atoms with van der Waals surface area (Å²) < 4.78 is 0. The SMILES string of the molecule is CC(C)C[C@H](NC(=O)[C@H](CS)NC(=O)[C@H](C)NC(=O)CN)C(=O)N[C@@H](CCCN=C(N)N)C(=O)N[C@@H](CO)C(=O)NCC(=O)N[C@@H](CCCN=C(N)N)C(=O)NCC(=O)N[C@@H](CS)C(=O)O. The van der Waals surface area contributed by atoms with E-state index >= 15 is 0 Å². The molecular formula is C36H66N16O12S2. The van der Waals surface area contributed by atoms with E-state index in [1.807, 2.05) is 0 Å². The van der Waals surface area contributed by atoms with E-state index in [1.54, 1.807) is 13.8 Å². The van der Waals surface area contributed by atoms with E-state index in [0.717, 1.165) is 0 Å². The molecule has 7 atom stereocenters. The third-order valence-electron chi connectivity index (χ3n) is 8.76. The maximum absolute atomic E-state index is 13.7. The molecule has 0 radical (unpaired) electrons. The number of carboxylic acid groups (broad SMARTS) is 1. The summed E-state index contributed by atoms with van der Waals surface area (Å²) in [6, 6.07) is -9.34. The molecule has 0 aliphatic rings. The van der Waals surface area contributed by atoms with Crippen molar-refractivity contribution in [2.45, 2.75) is 95.2 Å². The van der Waals surface area contributed by atoms with Crippen molar-refractivity contribution in [2.24, 2.45) is 44.6 Å². The molecule has 0 aliphatic heterocycles. The largest absolute Gasteiger partial charge is 0.480 e. The van der Waals surface area contributed by atoms with Crippen LogP contribution in [0.15, 0.2) is 9.98 Å². The summed E-state index contributed by atoms with van der Waals surface area (Å²) >= 11 is 7.99. The van der Waals surface area contributed by atoms with Crippen LogP contribution in [-0.2, 0) is 47.9 Å². The van der Waals surface area contributed by atoms with Gasteiger partial charge in [0.25, 0.3) is 0 Å².